The molecule has 0 aliphatic carbocycles. The van der Waals surface area contributed by atoms with E-state index in [1.807, 2.05) is 41.5 Å². The molecule has 1 rings (SSSR count). The monoisotopic (exact) mass is 910 g/mol. The van der Waals surface area contributed by atoms with Crippen molar-refractivity contribution in [1.29, 1.82) is 0 Å². The molecule has 0 radical (unpaired) electrons. The van der Waals surface area contributed by atoms with Crippen LogP contribution in [-0.4, -0.2) is 216 Å². The van der Waals surface area contributed by atoms with E-state index in [1.165, 1.54) is 7.11 Å². The summed E-state index contributed by atoms with van der Waals surface area (Å²) in [6, 6.07) is 0. The largest absolute Gasteiger partial charge is 1.00 e. The second-order valence-corrected chi connectivity index (χ2v) is 13.5. The average molecular weight is 911 g/mol. The molecule has 0 spiro atoms. The van der Waals surface area contributed by atoms with Crippen molar-refractivity contribution >= 4 is 59.1 Å². The quantitative estimate of drug-likeness (QED) is 0.0367. The van der Waals surface area contributed by atoms with Gasteiger partial charge in [-0.2, -0.15) is 0 Å². The number of cyclic esters (lactones) is 1. The van der Waals surface area contributed by atoms with Crippen LogP contribution in [0.2, 0.25) is 0 Å². The van der Waals surface area contributed by atoms with Gasteiger partial charge in [0.15, 0.2) is 29.6 Å². The molecule has 0 amide bonds. The van der Waals surface area contributed by atoms with Gasteiger partial charge in [0.25, 0.3) is 0 Å². The molecule has 12 N–H and O–H groups in total. The Hall–Kier alpha value is -2.98. The van der Waals surface area contributed by atoms with Gasteiger partial charge in [0.05, 0.1) is 102 Å². The maximum atomic E-state index is 10.5. The van der Waals surface area contributed by atoms with Crippen LogP contribution in [0.4, 0.5) is 0 Å². The van der Waals surface area contributed by atoms with Gasteiger partial charge < -0.3 is 86.4 Å². The van der Waals surface area contributed by atoms with E-state index in [-0.39, 0.29) is 101 Å². The van der Waals surface area contributed by atoms with Crippen molar-refractivity contribution in [2.75, 3.05) is 47.3 Å². The summed E-state index contributed by atoms with van der Waals surface area (Å²) < 4.78 is 23.2. The smallest absolute Gasteiger partial charge is 1.00 e. The molecule has 61 heavy (non-hydrogen) atoms. The first-order chi connectivity index (χ1) is 26.4. The normalized spacial score (nSPS) is 14.8. The molecule has 360 valence electrons. The molecule has 1 heterocycles. The van der Waals surface area contributed by atoms with Crippen LogP contribution in [0.15, 0.2) is 0 Å². The van der Waals surface area contributed by atoms with Crippen LogP contribution >= 0.6 is 0 Å². The van der Waals surface area contributed by atoms with Crippen molar-refractivity contribution < 1.29 is 139 Å². The summed E-state index contributed by atoms with van der Waals surface area (Å²) in [6.07, 6.45) is -7.57. The second kappa shape index (κ2) is 43.7. The first-order valence-corrected chi connectivity index (χ1v) is 17.1. The fourth-order valence-electron chi connectivity index (χ4n) is 2.66. The Balaban J connectivity index is -0.0000000772. The van der Waals surface area contributed by atoms with Gasteiger partial charge in [-0.15, -0.1) is 0 Å². The van der Waals surface area contributed by atoms with Crippen molar-refractivity contribution in [2.45, 2.75) is 135 Å². The Morgan fingerprint density at radius 3 is 1.34 bits per heavy atom. The van der Waals surface area contributed by atoms with Crippen LogP contribution in [0, 0.1) is 0 Å². The summed E-state index contributed by atoms with van der Waals surface area (Å²) >= 11 is 0. The molecule has 1 fully saturated rings. The molecule has 0 bridgehead atoms. The first-order valence-electron chi connectivity index (χ1n) is 17.1. The van der Waals surface area contributed by atoms with Gasteiger partial charge in [-0.1, -0.05) is 7.43 Å². The Kier molecular flexibility index (Phi) is 54.0. The van der Waals surface area contributed by atoms with Crippen molar-refractivity contribution in [3.8, 4) is 0 Å². The number of carbonyl (C=O) groups is 7. The summed E-state index contributed by atoms with van der Waals surface area (Å²) in [6.45, 7) is 11.4. The standard InChI is InChI=1S/C8H16O4.C8H18O3.C6H10O5.C4H6O5.C4H8O4.C4H6O3.CH4.Al.Li.4H/c1-8(2,3)12-5-6(9)4-7(10)11;1-8(2,3)11-6-7(10)4-5-9;1-10-5(8)3-4(7)6(9)11-2;5-2(4(8)9)1-3(6)7;5-2-3(6)1-4(7)8;5-3-1-4(6)7-2-3;;;;;;;/h6,9H,4-5H2,1-3H3,(H,10,11);7,9-10H,4-6H2,1-3H3;4,7H,3H2,1-2H3;2,5H,1H2,(H,6,7)(H,8,9);3,5-6H,1-2H2,(H,7,8);3,5H,1-2H2;1H4;;;;;;/q;;;;;;;;+1;;;;-1/t6-;7-;4-;2-;2*3-;;;;;;;/m000000......./s1. The topological polar surface area (TPSA) is 408 Å². The van der Waals surface area contributed by atoms with Crippen LogP contribution in [0.25, 0.3) is 0 Å². The number of aliphatic hydroxyl groups excluding tert-OH is 8. The molecule has 0 aromatic carbocycles. The number of hydrogen-bond acceptors (Lipinski definition) is 20. The molecule has 1 aliphatic heterocycles. The first kappa shape index (κ1) is 75.4. The number of carboxylic acid groups (broad SMARTS) is 4. The van der Waals surface area contributed by atoms with Crippen molar-refractivity contribution in [3.63, 3.8) is 0 Å². The van der Waals surface area contributed by atoms with Gasteiger partial charge in [0.2, 0.25) is 0 Å². The molecule has 0 unspecified atom stereocenters. The molecule has 26 heteroatoms. The minimum atomic E-state index is -1.79. The van der Waals surface area contributed by atoms with E-state index in [9.17, 15) is 33.6 Å². The molecular formula is C35H72AlLiO24. The summed E-state index contributed by atoms with van der Waals surface area (Å²) in [4.78, 5) is 70.2. The second-order valence-electron chi connectivity index (χ2n) is 13.5. The van der Waals surface area contributed by atoms with Crippen LogP contribution in [0.5, 0.6) is 0 Å². The third kappa shape index (κ3) is 66.3. The van der Waals surface area contributed by atoms with Gasteiger partial charge in [-0.05, 0) is 48.0 Å². The predicted molar refractivity (Wildman–Crippen MR) is 213 cm³/mol. The van der Waals surface area contributed by atoms with E-state index in [0.29, 0.717) is 13.0 Å². The Bertz CT molecular complexity index is 1170. The third-order valence-electron chi connectivity index (χ3n) is 5.46. The summed E-state index contributed by atoms with van der Waals surface area (Å²) in [5.41, 5.74) is -0.546. The van der Waals surface area contributed by atoms with Crippen LogP contribution < -0.4 is 18.9 Å². The maximum absolute atomic E-state index is 10.5. The molecule has 0 saturated carbocycles. The zero-order valence-corrected chi connectivity index (χ0v) is 35.0. The summed E-state index contributed by atoms with van der Waals surface area (Å²) in [5.74, 6) is -6.75. The number of carbonyl (C=O) groups excluding carboxylic acids is 3. The van der Waals surface area contributed by atoms with Crippen LogP contribution in [0.3, 0.4) is 0 Å². The zero-order valence-electron chi connectivity index (χ0n) is 36.0. The minimum Gasteiger partial charge on any atom is -1.00 e. The third-order valence-corrected chi connectivity index (χ3v) is 5.46. The fourth-order valence-corrected chi connectivity index (χ4v) is 2.66. The van der Waals surface area contributed by atoms with Gasteiger partial charge in [-0.25, -0.2) is 9.59 Å². The number of ether oxygens (including phenoxy) is 5. The molecule has 1 saturated heterocycles. The Labute approximate surface area is 379 Å². The predicted octanol–water partition coefficient (Wildman–Crippen LogP) is -6.15. The SMILES string of the molecule is C.CC(C)(C)OC[C@@H](O)CC(=O)O.CC(C)(C)OC[C@@H](O)CCO.COC(=O)C[C@H](O)C(=O)OC.O=C(O)C[C@H](O)C(=O)O.O=C(O)C[C@H](O)CO.O=C1C[C@H](O)CO1.[AlH3].[H-].[Li+]. The number of aliphatic hydroxyl groups is 8. The van der Waals surface area contributed by atoms with E-state index in [4.69, 9.17) is 70.8 Å². The number of esters is 3. The molecule has 24 nitrogen and oxygen atoms in total. The summed E-state index contributed by atoms with van der Waals surface area (Å²) in [7, 11) is 2.30. The molecule has 6 atom stereocenters. The van der Waals surface area contributed by atoms with E-state index >= 15 is 0 Å². The van der Waals surface area contributed by atoms with Gasteiger partial charge >= 0.3 is 60.6 Å². The van der Waals surface area contributed by atoms with Crippen molar-refractivity contribution in [2.24, 2.45) is 0 Å². The van der Waals surface area contributed by atoms with E-state index in [0.717, 1.165) is 7.11 Å². The van der Waals surface area contributed by atoms with E-state index in [2.05, 4.69) is 14.2 Å². The number of hydrogen-bond donors (Lipinski definition) is 12. The number of aliphatic carboxylic acids is 4. The van der Waals surface area contributed by atoms with Gasteiger partial charge in [0.1, 0.15) is 6.61 Å². The van der Waals surface area contributed by atoms with E-state index in [1.54, 1.807) is 0 Å². The zero-order chi connectivity index (χ0) is 46.8. The average Bonchev–Trinajstić information content (AvgIpc) is 3.47. The van der Waals surface area contributed by atoms with Crippen LogP contribution in [0.1, 0.15) is 88.9 Å². The number of rotatable bonds is 17. The fraction of sp³-hybridized carbons (Fsp3) is 0.800. The van der Waals surface area contributed by atoms with Crippen LogP contribution in [-0.2, 0) is 57.2 Å². The minimum absolute atomic E-state index is 0. The Morgan fingerprint density at radius 2 is 1.11 bits per heavy atom. The van der Waals surface area contributed by atoms with Gasteiger partial charge in [-0.3, -0.25) is 24.0 Å². The number of carboxylic acids is 4. The Morgan fingerprint density at radius 1 is 0.705 bits per heavy atom. The number of methoxy groups -OCH3 is 2. The summed E-state index contributed by atoms with van der Waals surface area (Å²) in [5, 5.41) is 101. The molecule has 1 aliphatic rings. The van der Waals surface area contributed by atoms with Gasteiger partial charge in [0, 0.05) is 6.61 Å². The molecule has 0 aromatic heterocycles. The molecule has 0 aromatic rings. The van der Waals surface area contributed by atoms with Crippen molar-refractivity contribution in [3.05, 3.63) is 0 Å². The van der Waals surface area contributed by atoms with Crippen molar-refractivity contribution in [1.82, 2.24) is 0 Å². The van der Waals surface area contributed by atoms with E-state index < -0.39 is 91.9 Å². The molecular weight excluding hydrogens is 838 g/mol. The maximum Gasteiger partial charge on any atom is 1.00 e.